The van der Waals surface area contributed by atoms with E-state index in [9.17, 15) is 9.59 Å². The van der Waals surface area contributed by atoms with Crippen LogP contribution in [0.5, 0.6) is 0 Å². The molecule has 0 aliphatic heterocycles. The highest BCUT2D eigenvalue weighted by Crippen LogP contribution is 2.27. The lowest BCUT2D eigenvalue weighted by atomic mass is 9.90. The Morgan fingerprint density at radius 3 is 2.28 bits per heavy atom. The number of hydrogen-bond donors (Lipinski definition) is 0. The first-order chi connectivity index (χ1) is 13.8. The molecule has 1 fully saturated rings. The van der Waals surface area contributed by atoms with Gasteiger partial charge in [-0.2, -0.15) is 0 Å². The molecule has 0 saturated heterocycles. The molecule has 0 N–H and O–H groups in total. The number of amides is 1. The number of esters is 1. The molecule has 0 aromatic heterocycles. The fourth-order valence-electron chi connectivity index (χ4n) is 3.62. The van der Waals surface area contributed by atoms with Crippen molar-refractivity contribution in [2.75, 3.05) is 13.2 Å². The Balaban J connectivity index is 2.44. The zero-order valence-corrected chi connectivity index (χ0v) is 18.6. The van der Waals surface area contributed by atoms with Crippen LogP contribution in [0.4, 0.5) is 4.79 Å². The molecular formula is C21H38N4O4. The van der Waals surface area contributed by atoms with Crippen molar-refractivity contribution in [2.24, 2.45) is 5.11 Å². The van der Waals surface area contributed by atoms with Crippen LogP contribution < -0.4 is 0 Å². The third kappa shape index (κ3) is 11.0. The van der Waals surface area contributed by atoms with Crippen molar-refractivity contribution in [1.82, 2.24) is 4.90 Å². The molecule has 8 heteroatoms. The highest BCUT2D eigenvalue weighted by molar-refractivity contribution is 5.69. The van der Waals surface area contributed by atoms with Crippen molar-refractivity contribution < 1.29 is 19.1 Å². The zero-order chi connectivity index (χ0) is 21.7. The molecule has 0 aromatic rings. The topological polar surface area (TPSA) is 105 Å². The number of hydrogen-bond acceptors (Lipinski definition) is 5. The third-order valence-corrected chi connectivity index (χ3v) is 5.04. The molecular weight excluding hydrogens is 372 g/mol. The first kappa shape index (κ1) is 25.1. The molecule has 1 saturated carbocycles. The lowest BCUT2D eigenvalue weighted by Gasteiger charge is -2.37. The van der Waals surface area contributed by atoms with E-state index in [1.54, 1.807) is 0 Å². The molecule has 0 unspecified atom stereocenters. The van der Waals surface area contributed by atoms with E-state index in [-0.39, 0.29) is 24.1 Å². The molecule has 8 nitrogen and oxygen atoms in total. The Bertz CT molecular complexity index is 547. The Kier molecular flexibility index (Phi) is 11.5. The number of ether oxygens (including phenoxy) is 2. The van der Waals surface area contributed by atoms with Gasteiger partial charge in [0, 0.05) is 30.0 Å². The number of rotatable bonds is 11. The summed E-state index contributed by atoms with van der Waals surface area (Å²) in [5.41, 5.74) is 8.10. The van der Waals surface area contributed by atoms with Crippen LogP contribution in [0.3, 0.4) is 0 Å². The minimum Gasteiger partial charge on any atom is -0.466 e. The average molecular weight is 411 g/mol. The summed E-state index contributed by atoms with van der Waals surface area (Å²) in [6.07, 6.45) is 8.30. The normalized spacial score (nSPS) is 19.2. The quantitative estimate of drug-likeness (QED) is 0.142. The number of unbranched alkanes of at least 4 members (excludes halogenated alkanes) is 4. The van der Waals surface area contributed by atoms with E-state index in [1.807, 2.05) is 32.6 Å². The Hall–Kier alpha value is -1.95. The van der Waals surface area contributed by atoms with Crippen molar-refractivity contribution in [3.05, 3.63) is 10.4 Å². The van der Waals surface area contributed by atoms with E-state index in [0.29, 0.717) is 19.6 Å². The molecule has 29 heavy (non-hydrogen) atoms. The van der Waals surface area contributed by atoms with Gasteiger partial charge in [0.1, 0.15) is 5.60 Å². The molecule has 0 heterocycles. The molecule has 1 aliphatic carbocycles. The number of nitrogens with zero attached hydrogens (tertiary/aromatic N) is 4. The lowest BCUT2D eigenvalue weighted by molar-refractivity contribution is -0.143. The minimum absolute atomic E-state index is 0.0381. The van der Waals surface area contributed by atoms with Crippen LogP contribution in [0.25, 0.3) is 10.4 Å². The van der Waals surface area contributed by atoms with Gasteiger partial charge in [-0.05, 0) is 71.8 Å². The summed E-state index contributed by atoms with van der Waals surface area (Å²) < 4.78 is 10.6. The molecule has 0 radical (unpaired) electrons. The maximum absolute atomic E-state index is 12.7. The van der Waals surface area contributed by atoms with Gasteiger partial charge in [-0.1, -0.05) is 24.4 Å². The largest absolute Gasteiger partial charge is 0.466 e. The maximum Gasteiger partial charge on any atom is 0.410 e. The molecule has 1 rings (SSSR count). The summed E-state index contributed by atoms with van der Waals surface area (Å²) in [5.74, 6) is -0.125. The van der Waals surface area contributed by atoms with Gasteiger partial charge in [0.2, 0.25) is 0 Å². The summed E-state index contributed by atoms with van der Waals surface area (Å²) >= 11 is 0. The molecule has 1 aliphatic rings. The van der Waals surface area contributed by atoms with Gasteiger partial charge in [-0.3, -0.25) is 4.79 Å². The second kappa shape index (κ2) is 13.3. The van der Waals surface area contributed by atoms with Gasteiger partial charge in [0.25, 0.3) is 0 Å². The van der Waals surface area contributed by atoms with E-state index in [2.05, 4.69) is 10.0 Å². The van der Waals surface area contributed by atoms with Gasteiger partial charge in [-0.25, -0.2) is 4.79 Å². The number of azide groups is 1. The Labute approximate surface area is 174 Å². The Morgan fingerprint density at radius 2 is 1.69 bits per heavy atom. The van der Waals surface area contributed by atoms with Crippen molar-refractivity contribution >= 4 is 12.1 Å². The Morgan fingerprint density at radius 1 is 1.07 bits per heavy atom. The molecule has 0 aromatic carbocycles. The predicted molar refractivity (Wildman–Crippen MR) is 112 cm³/mol. The maximum atomic E-state index is 12.7. The SMILES string of the molecule is CCOC(=O)CCCCCCCN(C(=O)OC(C)(C)C)C1CCC(N=[N+]=[N-])CC1. The highest BCUT2D eigenvalue weighted by atomic mass is 16.6. The van der Waals surface area contributed by atoms with Crippen molar-refractivity contribution in [3.63, 3.8) is 0 Å². The first-order valence-corrected chi connectivity index (χ1v) is 11.0. The summed E-state index contributed by atoms with van der Waals surface area (Å²) in [7, 11) is 0. The number of carbonyl (C=O) groups is 2. The fraction of sp³-hybridized carbons (Fsp3) is 0.905. The summed E-state index contributed by atoms with van der Waals surface area (Å²) in [4.78, 5) is 28.9. The number of carbonyl (C=O) groups excluding carboxylic acids is 2. The zero-order valence-electron chi connectivity index (χ0n) is 18.6. The van der Waals surface area contributed by atoms with Crippen LogP contribution >= 0.6 is 0 Å². The first-order valence-electron chi connectivity index (χ1n) is 11.0. The highest BCUT2D eigenvalue weighted by Gasteiger charge is 2.31. The smallest absolute Gasteiger partial charge is 0.410 e. The summed E-state index contributed by atoms with van der Waals surface area (Å²) in [6, 6.07) is 0.176. The average Bonchev–Trinajstić information content (AvgIpc) is 2.64. The van der Waals surface area contributed by atoms with Crippen LogP contribution in [0.1, 0.15) is 91.9 Å². The van der Waals surface area contributed by atoms with Crippen LogP contribution in [0.2, 0.25) is 0 Å². The van der Waals surface area contributed by atoms with Crippen LogP contribution in [-0.2, 0) is 14.3 Å². The lowest BCUT2D eigenvalue weighted by Crippen LogP contribution is -2.45. The van der Waals surface area contributed by atoms with Crippen LogP contribution in [0.15, 0.2) is 5.11 Å². The molecule has 0 atom stereocenters. The molecule has 1 amide bonds. The summed E-state index contributed by atoms with van der Waals surface area (Å²) in [6.45, 7) is 8.56. The van der Waals surface area contributed by atoms with E-state index >= 15 is 0 Å². The van der Waals surface area contributed by atoms with Gasteiger partial charge >= 0.3 is 12.1 Å². The van der Waals surface area contributed by atoms with E-state index in [4.69, 9.17) is 15.0 Å². The van der Waals surface area contributed by atoms with Gasteiger partial charge < -0.3 is 14.4 Å². The van der Waals surface area contributed by atoms with E-state index in [0.717, 1.165) is 57.8 Å². The molecule has 0 bridgehead atoms. The van der Waals surface area contributed by atoms with E-state index in [1.165, 1.54) is 0 Å². The second-order valence-corrected chi connectivity index (χ2v) is 8.66. The van der Waals surface area contributed by atoms with E-state index < -0.39 is 5.60 Å². The van der Waals surface area contributed by atoms with Crippen molar-refractivity contribution in [2.45, 2.75) is 110 Å². The van der Waals surface area contributed by atoms with Gasteiger partial charge in [0.05, 0.1) is 6.61 Å². The standard InChI is InChI=1S/C21H38N4O4/c1-5-28-19(26)11-9-7-6-8-10-16-25(20(27)29-21(2,3)4)18-14-12-17(13-15-18)23-24-22/h17-18H,5-16H2,1-4H3. The fourth-order valence-corrected chi connectivity index (χ4v) is 3.62. The third-order valence-electron chi connectivity index (χ3n) is 5.04. The van der Waals surface area contributed by atoms with Crippen molar-refractivity contribution in [1.29, 1.82) is 0 Å². The van der Waals surface area contributed by atoms with Gasteiger partial charge in [-0.15, -0.1) is 0 Å². The molecule has 0 spiro atoms. The van der Waals surface area contributed by atoms with Crippen molar-refractivity contribution in [3.8, 4) is 0 Å². The second-order valence-electron chi connectivity index (χ2n) is 8.66. The van der Waals surface area contributed by atoms with Crippen LogP contribution in [0, 0.1) is 0 Å². The van der Waals surface area contributed by atoms with Gasteiger partial charge in [0.15, 0.2) is 0 Å². The minimum atomic E-state index is -0.523. The monoisotopic (exact) mass is 410 g/mol. The predicted octanol–water partition coefficient (Wildman–Crippen LogP) is 5.75. The molecule has 166 valence electrons. The van der Waals surface area contributed by atoms with Crippen LogP contribution in [-0.4, -0.2) is 47.8 Å². The summed E-state index contributed by atoms with van der Waals surface area (Å²) in [5, 5.41) is 3.82.